The van der Waals surface area contributed by atoms with Crippen LogP contribution in [-0.2, 0) is 11.3 Å². The largest absolute Gasteiger partial charge is 0.325 e. The molecule has 0 fully saturated rings. The Morgan fingerprint density at radius 3 is 2.32 bits per heavy atom. The SMILES string of the molecule is CSc1ccc(CN(C)[C@@H](C)C(=O)Nc2ccc([N+](=O)[O-])cc2)cc1. The number of rotatable bonds is 7. The Bertz CT molecular complexity index is 732. The third kappa shape index (κ3) is 5.30. The third-order valence-electron chi connectivity index (χ3n) is 3.98. The van der Waals surface area contributed by atoms with Crippen molar-refractivity contribution in [2.75, 3.05) is 18.6 Å². The van der Waals surface area contributed by atoms with Crippen molar-refractivity contribution in [1.29, 1.82) is 0 Å². The first kappa shape index (κ1) is 19.0. The van der Waals surface area contributed by atoms with Crippen LogP contribution < -0.4 is 5.32 Å². The fourth-order valence-electron chi connectivity index (χ4n) is 2.27. The first-order valence-corrected chi connectivity index (χ1v) is 9.01. The molecule has 0 aliphatic rings. The maximum Gasteiger partial charge on any atom is 0.269 e. The molecule has 1 N–H and O–H groups in total. The number of carbonyl (C=O) groups is 1. The van der Waals surface area contributed by atoms with E-state index in [4.69, 9.17) is 0 Å². The molecule has 2 aromatic rings. The van der Waals surface area contributed by atoms with Crippen molar-refractivity contribution in [3.05, 3.63) is 64.2 Å². The number of anilines is 1. The fraction of sp³-hybridized carbons (Fsp3) is 0.278. The van der Waals surface area contributed by atoms with Crippen molar-refractivity contribution < 1.29 is 9.72 Å². The second-order valence-corrected chi connectivity index (χ2v) is 6.61. The predicted molar refractivity (Wildman–Crippen MR) is 101 cm³/mol. The standard InChI is InChI=1S/C18H21N3O3S/c1-13(20(2)12-14-4-10-17(25-3)11-5-14)18(22)19-15-6-8-16(9-7-15)21(23)24/h4-11,13H,12H2,1-3H3,(H,19,22)/t13-/m0/s1. The number of non-ortho nitro benzene ring substituents is 1. The molecule has 25 heavy (non-hydrogen) atoms. The Kier molecular flexibility index (Phi) is 6.55. The minimum atomic E-state index is -0.468. The highest BCUT2D eigenvalue weighted by Gasteiger charge is 2.18. The first-order valence-electron chi connectivity index (χ1n) is 7.79. The predicted octanol–water partition coefficient (Wildman–Crippen LogP) is 3.78. The smallest absolute Gasteiger partial charge is 0.269 e. The van der Waals surface area contributed by atoms with E-state index >= 15 is 0 Å². The highest BCUT2D eigenvalue weighted by molar-refractivity contribution is 7.98. The number of likely N-dealkylation sites (N-methyl/N-ethyl adjacent to an activating group) is 1. The number of carbonyl (C=O) groups excluding carboxylic acids is 1. The van der Waals surface area contributed by atoms with E-state index in [1.807, 2.05) is 25.1 Å². The molecule has 0 aliphatic carbocycles. The third-order valence-corrected chi connectivity index (χ3v) is 4.72. The Labute approximate surface area is 151 Å². The summed E-state index contributed by atoms with van der Waals surface area (Å²) in [5.74, 6) is -0.155. The van der Waals surface area contributed by atoms with Gasteiger partial charge in [-0.25, -0.2) is 0 Å². The molecular weight excluding hydrogens is 338 g/mol. The number of nitro groups is 1. The topological polar surface area (TPSA) is 75.5 Å². The van der Waals surface area contributed by atoms with Gasteiger partial charge in [0.15, 0.2) is 0 Å². The maximum atomic E-state index is 12.4. The maximum absolute atomic E-state index is 12.4. The highest BCUT2D eigenvalue weighted by atomic mass is 32.2. The zero-order valence-electron chi connectivity index (χ0n) is 14.4. The van der Waals surface area contributed by atoms with Gasteiger partial charge in [0.25, 0.3) is 5.69 Å². The molecule has 7 heteroatoms. The molecule has 0 radical (unpaired) electrons. The van der Waals surface area contributed by atoms with Gasteiger partial charge in [-0.05, 0) is 50.1 Å². The number of hydrogen-bond acceptors (Lipinski definition) is 5. The van der Waals surface area contributed by atoms with Gasteiger partial charge >= 0.3 is 0 Å². The van der Waals surface area contributed by atoms with E-state index < -0.39 is 4.92 Å². The summed E-state index contributed by atoms with van der Waals surface area (Å²) in [5.41, 5.74) is 1.67. The molecular formula is C18H21N3O3S. The number of nitrogens with zero attached hydrogens (tertiary/aromatic N) is 2. The number of hydrogen-bond donors (Lipinski definition) is 1. The van der Waals surface area contributed by atoms with Gasteiger partial charge in [0, 0.05) is 29.3 Å². The van der Waals surface area contributed by atoms with Gasteiger partial charge in [0.05, 0.1) is 11.0 Å². The van der Waals surface area contributed by atoms with Crippen LogP contribution in [0.2, 0.25) is 0 Å². The van der Waals surface area contributed by atoms with E-state index in [0.29, 0.717) is 12.2 Å². The summed E-state index contributed by atoms with van der Waals surface area (Å²) in [6.07, 6.45) is 2.03. The molecule has 1 atom stereocenters. The molecule has 0 saturated carbocycles. The molecule has 0 unspecified atom stereocenters. The van der Waals surface area contributed by atoms with Crippen LogP contribution in [0.4, 0.5) is 11.4 Å². The number of benzene rings is 2. The summed E-state index contributed by atoms with van der Waals surface area (Å²) in [5, 5.41) is 13.4. The van der Waals surface area contributed by atoms with Gasteiger partial charge in [-0.3, -0.25) is 19.8 Å². The van der Waals surface area contributed by atoms with Crippen LogP contribution >= 0.6 is 11.8 Å². The molecule has 6 nitrogen and oxygen atoms in total. The van der Waals surface area contributed by atoms with Crippen molar-refractivity contribution in [3.8, 4) is 0 Å². The summed E-state index contributed by atoms with van der Waals surface area (Å²) in [6, 6.07) is 13.7. The molecule has 0 heterocycles. The van der Waals surface area contributed by atoms with Gasteiger partial charge in [-0.1, -0.05) is 12.1 Å². The Morgan fingerprint density at radius 2 is 1.80 bits per heavy atom. The Hall–Kier alpha value is -2.38. The normalized spacial score (nSPS) is 12.0. The molecule has 0 aromatic heterocycles. The number of nitro benzene ring substituents is 1. The molecule has 0 aliphatic heterocycles. The lowest BCUT2D eigenvalue weighted by Gasteiger charge is -2.24. The molecule has 2 rings (SSSR count). The minimum Gasteiger partial charge on any atom is -0.325 e. The lowest BCUT2D eigenvalue weighted by Crippen LogP contribution is -2.39. The average Bonchev–Trinajstić information content (AvgIpc) is 2.62. The summed E-state index contributed by atoms with van der Waals surface area (Å²) >= 11 is 1.69. The lowest BCUT2D eigenvalue weighted by atomic mass is 10.2. The summed E-state index contributed by atoms with van der Waals surface area (Å²) in [6.45, 7) is 2.49. The second-order valence-electron chi connectivity index (χ2n) is 5.73. The second kappa shape index (κ2) is 8.64. The first-order chi connectivity index (χ1) is 11.9. The Morgan fingerprint density at radius 1 is 1.20 bits per heavy atom. The van der Waals surface area contributed by atoms with Gasteiger partial charge in [0.1, 0.15) is 0 Å². The van der Waals surface area contributed by atoms with Gasteiger partial charge in [-0.15, -0.1) is 11.8 Å². The van der Waals surface area contributed by atoms with Crippen molar-refractivity contribution in [2.24, 2.45) is 0 Å². The van der Waals surface area contributed by atoms with Crippen LogP contribution in [0.25, 0.3) is 0 Å². The Balaban J connectivity index is 1.94. The van der Waals surface area contributed by atoms with E-state index in [-0.39, 0.29) is 17.6 Å². The average molecular weight is 359 g/mol. The van der Waals surface area contributed by atoms with Crippen molar-refractivity contribution in [3.63, 3.8) is 0 Å². The van der Waals surface area contributed by atoms with Gasteiger partial charge < -0.3 is 5.32 Å². The van der Waals surface area contributed by atoms with Crippen molar-refractivity contribution in [2.45, 2.75) is 24.4 Å². The zero-order chi connectivity index (χ0) is 18.4. The number of thioether (sulfide) groups is 1. The highest BCUT2D eigenvalue weighted by Crippen LogP contribution is 2.18. The minimum absolute atomic E-state index is 0.00291. The zero-order valence-corrected chi connectivity index (χ0v) is 15.2. The van der Waals surface area contributed by atoms with E-state index in [1.54, 1.807) is 11.8 Å². The van der Waals surface area contributed by atoms with E-state index in [2.05, 4.69) is 29.6 Å². The number of amides is 1. The molecule has 0 bridgehead atoms. The van der Waals surface area contributed by atoms with Crippen LogP contribution in [0.15, 0.2) is 53.4 Å². The van der Waals surface area contributed by atoms with Crippen LogP contribution in [0, 0.1) is 10.1 Å². The quantitative estimate of drug-likeness (QED) is 0.463. The molecule has 1 amide bonds. The van der Waals surface area contributed by atoms with Gasteiger partial charge in [-0.2, -0.15) is 0 Å². The number of nitrogens with one attached hydrogen (secondary N) is 1. The summed E-state index contributed by atoms with van der Waals surface area (Å²) in [4.78, 5) is 25.7. The fourth-order valence-corrected chi connectivity index (χ4v) is 2.68. The molecule has 2 aromatic carbocycles. The van der Waals surface area contributed by atoms with Crippen molar-refractivity contribution in [1.82, 2.24) is 4.90 Å². The van der Waals surface area contributed by atoms with E-state index in [9.17, 15) is 14.9 Å². The van der Waals surface area contributed by atoms with Crippen LogP contribution in [0.5, 0.6) is 0 Å². The van der Waals surface area contributed by atoms with Crippen LogP contribution in [-0.4, -0.2) is 35.1 Å². The van der Waals surface area contributed by atoms with Crippen LogP contribution in [0.3, 0.4) is 0 Å². The molecule has 0 spiro atoms. The van der Waals surface area contributed by atoms with Crippen LogP contribution in [0.1, 0.15) is 12.5 Å². The summed E-state index contributed by atoms with van der Waals surface area (Å²) in [7, 11) is 1.89. The van der Waals surface area contributed by atoms with E-state index in [0.717, 1.165) is 5.56 Å². The molecule has 132 valence electrons. The van der Waals surface area contributed by atoms with Gasteiger partial charge in [0.2, 0.25) is 5.91 Å². The van der Waals surface area contributed by atoms with Crippen molar-refractivity contribution >= 4 is 29.0 Å². The van der Waals surface area contributed by atoms with E-state index in [1.165, 1.54) is 29.2 Å². The lowest BCUT2D eigenvalue weighted by molar-refractivity contribution is -0.384. The molecule has 0 saturated heterocycles. The monoisotopic (exact) mass is 359 g/mol. The summed E-state index contributed by atoms with van der Waals surface area (Å²) < 4.78 is 0.